The van der Waals surface area contributed by atoms with Crippen LogP contribution in [0.25, 0.3) is 6.08 Å². The van der Waals surface area contributed by atoms with Crippen LogP contribution in [0.1, 0.15) is 12.5 Å². The van der Waals surface area contributed by atoms with Crippen molar-refractivity contribution < 1.29 is 14.6 Å². The summed E-state index contributed by atoms with van der Waals surface area (Å²) in [4.78, 5) is 10.5. The van der Waals surface area contributed by atoms with Gasteiger partial charge in [-0.1, -0.05) is 6.07 Å². The third kappa shape index (κ3) is 3.34. The predicted octanol–water partition coefficient (Wildman–Crippen LogP) is 1.29. The number of hydrogen-bond acceptors (Lipinski definition) is 3. The Balaban J connectivity index is 2.91. The van der Waals surface area contributed by atoms with Crippen molar-refractivity contribution in [3.8, 4) is 11.5 Å². The summed E-state index contributed by atoms with van der Waals surface area (Å²) >= 11 is 0. The van der Waals surface area contributed by atoms with Crippen molar-refractivity contribution in [3.05, 3.63) is 29.8 Å². The minimum atomic E-state index is -0.513. The third-order valence-corrected chi connectivity index (χ3v) is 1.72. The summed E-state index contributed by atoms with van der Waals surface area (Å²) < 4.78 is 5.18. The molecule has 0 unspecified atom stereocenters. The Kier molecular flexibility index (Phi) is 3.74. The highest BCUT2D eigenvalue weighted by atomic mass is 16.5. The van der Waals surface area contributed by atoms with Gasteiger partial charge in [0.25, 0.3) is 0 Å². The summed E-state index contributed by atoms with van der Waals surface area (Å²) in [6.45, 7) is 2.29. The van der Waals surface area contributed by atoms with Crippen molar-refractivity contribution in [2.24, 2.45) is 5.73 Å². The lowest BCUT2D eigenvalue weighted by molar-refractivity contribution is -0.113. The molecule has 1 aromatic carbocycles. The molecular weight excluding hydrogens is 194 g/mol. The summed E-state index contributed by atoms with van der Waals surface area (Å²) in [5.74, 6) is -0.0433. The van der Waals surface area contributed by atoms with E-state index in [1.54, 1.807) is 18.2 Å². The molecule has 15 heavy (non-hydrogen) atoms. The first-order chi connectivity index (χ1) is 7.13. The maximum Gasteiger partial charge on any atom is 0.241 e. The number of hydrogen-bond donors (Lipinski definition) is 2. The zero-order chi connectivity index (χ0) is 11.3. The topological polar surface area (TPSA) is 72.5 Å². The normalized spacial score (nSPS) is 10.5. The van der Waals surface area contributed by atoms with Crippen molar-refractivity contribution in [3.63, 3.8) is 0 Å². The van der Waals surface area contributed by atoms with Gasteiger partial charge in [0.05, 0.1) is 6.61 Å². The number of carbonyl (C=O) groups is 1. The maximum atomic E-state index is 10.5. The van der Waals surface area contributed by atoms with E-state index in [4.69, 9.17) is 10.5 Å². The maximum absolute atomic E-state index is 10.5. The second kappa shape index (κ2) is 5.05. The van der Waals surface area contributed by atoms with Gasteiger partial charge in [0.15, 0.2) is 11.5 Å². The molecule has 0 spiro atoms. The molecule has 1 rings (SSSR count). The van der Waals surface area contributed by atoms with E-state index in [0.29, 0.717) is 12.4 Å². The van der Waals surface area contributed by atoms with Gasteiger partial charge in [-0.25, -0.2) is 0 Å². The van der Waals surface area contributed by atoms with Crippen LogP contribution in [0.3, 0.4) is 0 Å². The number of carbonyl (C=O) groups excluding carboxylic acids is 1. The predicted molar refractivity (Wildman–Crippen MR) is 57.5 cm³/mol. The molecular formula is C11H13NO3. The molecule has 0 heterocycles. The number of benzene rings is 1. The molecule has 80 valence electrons. The lowest BCUT2D eigenvalue weighted by Crippen LogP contribution is -2.05. The van der Waals surface area contributed by atoms with Gasteiger partial charge in [-0.2, -0.15) is 0 Å². The Hall–Kier alpha value is -1.97. The molecule has 0 radical (unpaired) electrons. The number of nitrogens with two attached hydrogens (primary N) is 1. The first-order valence-electron chi connectivity index (χ1n) is 4.57. The molecule has 0 fully saturated rings. The number of aromatic hydroxyl groups is 1. The van der Waals surface area contributed by atoms with Gasteiger partial charge < -0.3 is 15.6 Å². The van der Waals surface area contributed by atoms with Crippen LogP contribution in [0.4, 0.5) is 0 Å². The first kappa shape index (κ1) is 11.1. The Labute approximate surface area is 88.0 Å². The smallest absolute Gasteiger partial charge is 0.241 e. The van der Waals surface area contributed by atoms with Gasteiger partial charge in [-0.15, -0.1) is 0 Å². The average Bonchev–Trinajstić information content (AvgIpc) is 2.19. The highest BCUT2D eigenvalue weighted by molar-refractivity contribution is 5.90. The monoisotopic (exact) mass is 207 g/mol. The van der Waals surface area contributed by atoms with Crippen molar-refractivity contribution in [2.45, 2.75) is 6.92 Å². The zero-order valence-electron chi connectivity index (χ0n) is 8.43. The molecule has 0 aliphatic heterocycles. The lowest BCUT2D eigenvalue weighted by Gasteiger charge is -2.05. The molecule has 0 aliphatic carbocycles. The molecule has 3 N–H and O–H groups in total. The molecule has 4 nitrogen and oxygen atoms in total. The number of phenols is 1. The number of ether oxygens (including phenoxy) is 1. The van der Waals surface area contributed by atoms with Crippen molar-refractivity contribution >= 4 is 12.0 Å². The summed E-state index contributed by atoms with van der Waals surface area (Å²) in [5, 5.41) is 9.40. The van der Waals surface area contributed by atoms with E-state index in [9.17, 15) is 9.90 Å². The van der Waals surface area contributed by atoms with Gasteiger partial charge >= 0.3 is 0 Å². The van der Waals surface area contributed by atoms with Gasteiger partial charge in [-0.05, 0) is 30.7 Å². The summed E-state index contributed by atoms with van der Waals surface area (Å²) in [6.07, 6.45) is 2.81. The van der Waals surface area contributed by atoms with Crippen molar-refractivity contribution in [2.75, 3.05) is 6.61 Å². The SMILES string of the molecule is CCOc1cc(C=CC(N)=O)ccc1O. The highest BCUT2D eigenvalue weighted by Gasteiger charge is 2.01. The fraction of sp³-hybridized carbons (Fsp3) is 0.182. The fourth-order valence-electron chi connectivity index (χ4n) is 1.08. The highest BCUT2D eigenvalue weighted by Crippen LogP contribution is 2.27. The third-order valence-electron chi connectivity index (χ3n) is 1.72. The van der Waals surface area contributed by atoms with Crippen LogP contribution in [-0.2, 0) is 4.79 Å². The minimum absolute atomic E-state index is 0.0769. The summed E-state index contributed by atoms with van der Waals surface area (Å²) in [6, 6.07) is 4.81. The standard InChI is InChI=1S/C11H13NO3/c1-2-15-10-7-8(3-5-9(10)13)4-6-11(12)14/h3-7,13H,2H2,1H3,(H2,12,14). The molecule has 0 bridgehead atoms. The average molecular weight is 207 g/mol. The number of rotatable bonds is 4. The largest absolute Gasteiger partial charge is 0.504 e. The Morgan fingerprint density at radius 3 is 2.93 bits per heavy atom. The molecule has 1 aromatic rings. The second-order valence-electron chi connectivity index (χ2n) is 2.90. The van der Waals surface area contributed by atoms with E-state index in [0.717, 1.165) is 5.56 Å². The first-order valence-corrected chi connectivity index (χ1v) is 4.57. The molecule has 0 saturated carbocycles. The Morgan fingerprint density at radius 1 is 1.60 bits per heavy atom. The summed E-state index contributed by atoms with van der Waals surface area (Å²) in [5.41, 5.74) is 5.71. The summed E-state index contributed by atoms with van der Waals surface area (Å²) in [7, 11) is 0. The van der Waals surface area contributed by atoms with Gasteiger partial charge in [0.2, 0.25) is 5.91 Å². The van der Waals surface area contributed by atoms with Crippen molar-refractivity contribution in [1.82, 2.24) is 0 Å². The lowest BCUT2D eigenvalue weighted by atomic mass is 10.2. The molecule has 1 amide bonds. The molecule has 0 aliphatic rings. The van der Waals surface area contributed by atoms with E-state index in [1.165, 1.54) is 12.1 Å². The second-order valence-corrected chi connectivity index (χ2v) is 2.90. The molecule has 0 saturated heterocycles. The fourth-order valence-corrected chi connectivity index (χ4v) is 1.08. The molecule has 0 atom stereocenters. The number of amides is 1. The minimum Gasteiger partial charge on any atom is -0.504 e. The quantitative estimate of drug-likeness (QED) is 0.730. The van der Waals surface area contributed by atoms with Crippen molar-refractivity contribution in [1.29, 1.82) is 0 Å². The van der Waals surface area contributed by atoms with Crippen LogP contribution >= 0.6 is 0 Å². The van der Waals surface area contributed by atoms with Crippen LogP contribution in [0.15, 0.2) is 24.3 Å². The van der Waals surface area contributed by atoms with E-state index in [-0.39, 0.29) is 5.75 Å². The Morgan fingerprint density at radius 2 is 2.33 bits per heavy atom. The van der Waals surface area contributed by atoms with Crippen LogP contribution in [-0.4, -0.2) is 17.6 Å². The van der Waals surface area contributed by atoms with Gasteiger partial charge in [-0.3, -0.25) is 4.79 Å². The molecule has 0 aromatic heterocycles. The van der Waals surface area contributed by atoms with E-state index < -0.39 is 5.91 Å². The number of phenolic OH excluding ortho intramolecular Hbond substituents is 1. The van der Waals surface area contributed by atoms with Crippen LogP contribution in [0, 0.1) is 0 Å². The van der Waals surface area contributed by atoms with E-state index in [2.05, 4.69) is 0 Å². The van der Waals surface area contributed by atoms with Crippen LogP contribution in [0.5, 0.6) is 11.5 Å². The van der Waals surface area contributed by atoms with E-state index in [1.807, 2.05) is 6.92 Å². The van der Waals surface area contributed by atoms with Crippen LogP contribution < -0.4 is 10.5 Å². The Bertz CT molecular complexity index is 385. The van der Waals surface area contributed by atoms with Crippen LogP contribution in [0.2, 0.25) is 0 Å². The zero-order valence-corrected chi connectivity index (χ0v) is 8.43. The van der Waals surface area contributed by atoms with E-state index >= 15 is 0 Å². The van der Waals surface area contributed by atoms with Gasteiger partial charge in [0.1, 0.15) is 0 Å². The molecule has 4 heteroatoms. The number of primary amides is 1. The van der Waals surface area contributed by atoms with Gasteiger partial charge in [0, 0.05) is 6.08 Å².